The molecule has 1 aromatic rings. The van der Waals surface area contributed by atoms with E-state index in [1.807, 2.05) is 13.8 Å². The average Bonchev–Trinajstić information content (AvgIpc) is 3.46. The SMILES string of the molecule is CCCN1C(=O)c2cc(C(=O)N3CCN(CC)CC3)nn2C[C@@]1(C)C(=O)NC1CCCC1. The lowest BCUT2D eigenvalue weighted by Crippen LogP contribution is -2.65. The van der Waals surface area contributed by atoms with E-state index in [9.17, 15) is 14.4 Å². The Morgan fingerprint density at radius 1 is 1.16 bits per heavy atom. The standard InChI is InChI=1S/C23H36N6O3/c1-4-10-28-21(31)19-15-18(20(30)27-13-11-26(5-2)12-14-27)25-29(19)16-23(28,3)22(32)24-17-8-6-7-9-17/h15,17H,4-14,16H2,1-3H3,(H,24,32)/t23-/m0/s1. The minimum atomic E-state index is -1.03. The van der Waals surface area contributed by atoms with Gasteiger partial charge in [-0.3, -0.25) is 19.1 Å². The smallest absolute Gasteiger partial charge is 0.274 e. The summed E-state index contributed by atoms with van der Waals surface area (Å²) in [5.74, 6) is -0.505. The van der Waals surface area contributed by atoms with Crippen molar-refractivity contribution in [1.82, 2.24) is 29.8 Å². The monoisotopic (exact) mass is 444 g/mol. The molecule has 1 saturated heterocycles. The van der Waals surface area contributed by atoms with E-state index >= 15 is 0 Å². The summed E-state index contributed by atoms with van der Waals surface area (Å²) in [5, 5.41) is 7.67. The van der Waals surface area contributed by atoms with Crippen molar-refractivity contribution in [3.63, 3.8) is 0 Å². The number of likely N-dealkylation sites (N-methyl/N-ethyl adjacent to an activating group) is 1. The van der Waals surface area contributed by atoms with Crippen molar-refractivity contribution in [2.75, 3.05) is 39.3 Å². The number of amides is 3. The Hall–Kier alpha value is -2.42. The van der Waals surface area contributed by atoms with Gasteiger partial charge in [0.05, 0.1) is 6.54 Å². The Morgan fingerprint density at radius 2 is 1.84 bits per heavy atom. The zero-order valence-corrected chi connectivity index (χ0v) is 19.6. The first-order chi connectivity index (χ1) is 15.4. The van der Waals surface area contributed by atoms with Crippen LogP contribution < -0.4 is 5.32 Å². The summed E-state index contributed by atoms with van der Waals surface area (Å²) in [6.07, 6.45) is 4.97. The van der Waals surface area contributed by atoms with E-state index in [0.717, 1.165) is 51.7 Å². The van der Waals surface area contributed by atoms with Crippen molar-refractivity contribution in [1.29, 1.82) is 0 Å². The zero-order valence-electron chi connectivity index (χ0n) is 19.6. The van der Waals surface area contributed by atoms with Gasteiger partial charge in [-0.2, -0.15) is 5.10 Å². The fraction of sp³-hybridized carbons (Fsp3) is 0.739. The highest BCUT2D eigenvalue weighted by atomic mass is 16.2. The van der Waals surface area contributed by atoms with Crippen LogP contribution in [-0.2, 0) is 11.3 Å². The molecule has 9 heteroatoms. The summed E-state index contributed by atoms with van der Waals surface area (Å²) in [6.45, 7) is 10.7. The largest absolute Gasteiger partial charge is 0.351 e. The highest BCUT2D eigenvalue weighted by molar-refractivity contribution is 6.02. The summed E-state index contributed by atoms with van der Waals surface area (Å²) in [5.41, 5.74) is -0.350. The second-order valence-corrected chi connectivity index (χ2v) is 9.48. The molecule has 3 amide bonds. The molecule has 0 radical (unpaired) electrons. The molecule has 176 valence electrons. The number of piperazine rings is 1. The van der Waals surface area contributed by atoms with Gasteiger partial charge in [-0.15, -0.1) is 0 Å². The van der Waals surface area contributed by atoms with Crippen molar-refractivity contribution >= 4 is 17.7 Å². The molecule has 1 N–H and O–H groups in total. The quantitative estimate of drug-likeness (QED) is 0.715. The topological polar surface area (TPSA) is 90.8 Å². The van der Waals surface area contributed by atoms with Crippen LogP contribution in [-0.4, -0.2) is 93.1 Å². The molecule has 1 aromatic heterocycles. The number of nitrogens with zero attached hydrogens (tertiary/aromatic N) is 5. The van der Waals surface area contributed by atoms with Gasteiger partial charge in [-0.05, 0) is 32.7 Å². The molecule has 9 nitrogen and oxygen atoms in total. The number of hydrogen-bond acceptors (Lipinski definition) is 5. The minimum absolute atomic E-state index is 0.129. The molecule has 1 saturated carbocycles. The number of carbonyl (C=O) groups excluding carboxylic acids is 3. The lowest BCUT2D eigenvalue weighted by atomic mass is 9.94. The third-order valence-electron chi connectivity index (χ3n) is 7.25. The van der Waals surface area contributed by atoms with E-state index in [2.05, 4.69) is 22.2 Å². The molecule has 2 fully saturated rings. The fourth-order valence-electron chi connectivity index (χ4n) is 5.16. The minimum Gasteiger partial charge on any atom is -0.351 e. The van der Waals surface area contributed by atoms with E-state index < -0.39 is 5.54 Å². The predicted molar refractivity (Wildman–Crippen MR) is 120 cm³/mol. The normalized spacial score (nSPS) is 24.7. The maximum absolute atomic E-state index is 13.4. The number of fused-ring (bicyclic) bond motifs is 1. The van der Waals surface area contributed by atoms with Crippen molar-refractivity contribution in [2.45, 2.75) is 71.0 Å². The van der Waals surface area contributed by atoms with Crippen LogP contribution >= 0.6 is 0 Å². The Morgan fingerprint density at radius 3 is 2.47 bits per heavy atom. The molecule has 3 aliphatic rings. The molecule has 0 bridgehead atoms. The summed E-state index contributed by atoms with van der Waals surface area (Å²) in [7, 11) is 0. The molecule has 4 rings (SSSR count). The summed E-state index contributed by atoms with van der Waals surface area (Å²) in [6, 6.07) is 1.78. The Balaban J connectivity index is 1.56. The first-order valence-electron chi connectivity index (χ1n) is 12.1. The summed E-state index contributed by atoms with van der Waals surface area (Å²) in [4.78, 5) is 45.6. The van der Waals surface area contributed by atoms with Crippen molar-refractivity contribution in [3.8, 4) is 0 Å². The van der Waals surface area contributed by atoms with E-state index in [1.54, 1.807) is 20.5 Å². The van der Waals surface area contributed by atoms with Gasteiger partial charge in [0, 0.05) is 44.8 Å². The van der Waals surface area contributed by atoms with Gasteiger partial charge in [0.2, 0.25) is 5.91 Å². The lowest BCUT2D eigenvalue weighted by Gasteiger charge is -2.43. The van der Waals surface area contributed by atoms with Crippen LogP contribution in [0.2, 0.25) is 0 Å². The number of carbonyl (C=O) groups is 3. The molecule has 1 atom stereocenters. The van der Waals surface area contributed by atoms with Crippen LogP contribution in [0.3, 0.4) is 0 Å². The highest BCUT2D eigenvalue weighted by Gasteiger charge is 2.48. The third-order valence-corrected chi connectivity index (χ3v) is 7.25. The lowest BCUT2D eigenvalue weighted by molar-refractivity contribution is -0.133. The Kier molecular flexibility index (Phi) is 6.55. The molecular formula is C23H36N6O3. The van der Waals surface area contributed by atoms with E-state index in [0.29, 0.717) is 25.3 Å². The van der Waals surface area contributed by atoms with Gasteiger partial charge in [0.1, 0.15) is 11.2 Å². The molecule has 32 heavy (non-hydrogen) atoms. The van der Waals surface area contributed by atoms with Gasteiger partial charge in [-0.25, -0.2) is 0 Å². The van der Waals surface area contributed by atoms with Crippen LogP contribution in [0.4, 0.5) is 0 Å². The van der Waals surface area contributed by atoms with Crippen molar-refractivity contribution < 1.29 is 14.4 Å². The van der Waals surface area contributed by atoms with Crippen molar-refractivity contribution in [2.24, 2.45) is 0 Å². The number of hydrogen-bond donors (Lipinski definition) is 1. The number of rotatable bonds is 6. The van der Waals surface area contributed by atoms with Gasteiger partial charge in [0.15, 0.2) is 5.69 Å². The Bertz CT molecular complexity index is 869. The van der Waals surface area contributed by atoms with Crippen molar-refractivity contribution in [3.05, 3.63) is 17.5 Å². The molecule has 3 heterocycles. The molecule has 2 aliphatic heterocycles. The molecule has 1 aliphatic carbocycles. The first kappa shape index (κ1) is 22.8. The molecule has 0 unspecified atom stereocenters. The molecular weight excluding hydrogens is 408 g/mol. The second kappa shape index (κ2) is 9.21. The van der Waals surface area contributed by atoms with Crippen LogP contribution in [0.1, 0.15) is 73.9 Å². The number of nitrogens with one attached hydrogen (secondary N) is 1. The van der Waals surface area contributed by atoms with Crippen LogP contribution in [0.25, 0.3) is 0 Å². The van der Waals surface area contributed by atoms with Gasteiger partial charge < -0.3 is 20.0 Å². The maximum atomic E-state index is 13.4. The van der Waals surface area contributed by atoms with Gasteiger partial charge >= 0.3 is 0 Å². The van der Waals surface area contributed by atoms with Gasteiger partial charge in [-0.1, -0.05) is 26.7 Å². The second-order valence-electron chi connectivity index (χ2n) is 9.48. The maximum Gasteiger partial charge on any atom is 0.274 e. The van der Waals surface area contributed by atoms with E-state index in [1.165, 1.54) is 0 Å². The van der Waals surface area contributed by atoms with E-state index in [-0.39, 0.29) is 36.0 Å². The van der Waals surface area contributed by atoms with Crippen LogP contribution in [0.5, 0.6) is 0 Å². The zero-order chi connectivity index (χ0) is 22.9. The Labute approximate surface area is 190 Å². The first-order valence-corrected chi connectivity index (χ1v) is 12.1. The summed E-state index contributed by atoms with van der Waals surface area (Å²) >= 11 is 0. The average molecular weight is 445 g/mol. The third kappa shape index (κ3) is 4.14. The molecule has 0 spiro atoms. The van der Waals surface area contributed by atoms with Crippen LogP contribution in [0.15, 0.2) is 6.07 Å². The highest BCUT2D eigenvalue weighted by Crippen LogP contribution is 2.29. The molecule has 0 aromatic carbocycles. The predicted octanol–water partition coefficient (Wildman–Crippen LogP) is 1.34. The fourth-order valence-corrected chi connectivity index (χ4v) is 5.16. The van der Waals surface area contributed by atoms with E-state index in [4.69, 9.17) is 0 Å². The van der Waals surface area contributed by atoms with Gasteiger partial charge in [0.25, 0.3) is 11.8 Å². The summed E-state index contributed by atoms with van der Waals surface area (Å²) < 4.78 is 1.57. The number of aromatic nitrogens is 2. The van der Waals surface area contributed by atoms with Crippen LogP contribution in [0, 0.1) is 0 Å².